The van der Waals surface area contributed by atoms with Gasteiger partial charge in [0.2, 0.25) is 0 Å². The van der Waals surface area contributed by atoms with E-state index in [1.807, 2.05) is 18.1 Å². The van der Waals surface area contributed by atoms with Crippen LogP contribution in [0.5, 0.6) is 0 Å². The predicted molar refractivity (Wildman–Crippen MR) is 48.8 cm³/mol. The van der Waals surface area contributed by atoms with E-state index in [4.69, 9.17) is 10.8 Å². The van der Waals surface area contributed by atoms with Gasteiger partial charge in [-0.15, -0.1) is 0 Å². The van der Waals surface area contributed by atoms with Crippen LogP contribution in [-0.2, 0) is 11.3 Å². The van der Waals surface area contributed by atoms with Crippen molar-refractivity contribution in [3.63, 3.8) is 0 Å². The van der Waals surface area contributed by atoms with Crippen LogP contribution in [0.3, 0.4) is 0 Å². The molecule has 0 bridgehead atoms. The molecule has 0 radical (unpaired) electrons. The van der Waals surface area contributed by atoms with Crippen LogP contribution < -0.4 is 5.73 Å². The first kappa shape index (κ1) is 9.30. The van der Waals surface area contributed by atoms with Crippen LogP contribution in [0.25, 0.3) is 0 Å². The predicted octanol–water partition coefficient (Wildman–Crippen LogP) is 0.581. The molecule has 66 valence electrons. The topological polar surface area (TPSA) is 63.3 Å². The van der Waals surface area contributed by atoms with E-state index in [1.54, 1.807) is 12.1 Å². The maximum absolute atomic E-state index is 10.1. The van der Waals surface area contributed by atoms with Gasteiger partial charge in [-0.1, -0.05) is 18.1 Å². The fraction of sp³-hybridized carbons (Fsp3) is 0.100. The number of carbonyl (C=O) groups is 1. The quantitative estimate of drug-likeness (QED) is 0.614. The maximum atomic E-state index is 10.1. The molecule has 1 rings (SSSR count). The zero-order chi connectivity index (χ0) is 9.68. The highest BCUT2D eigenvalue weighted by atomic mass is 16.4. The normalized spacial score (nSPS) is 8.69. The number of carboxylic acids is 1. The molecule has 0 heterocycles. The van der Waals surface area contributed by atoms with Gasteiger partial charge in [0.1, 0.15) is 0 Å². The summed E-state index contributed by atoms with van der Waals surface area (Å²) in [5.41, 5.74) is 7.07. The number of aliphatic carboxylic acids is 1. The van der Waals surface area contributed by atoms with Crippen molar-refractivity contribution in [1.82, 2.24) is 0 Å². The van der Waals surface area contributed by atoms with Gasteiger partial charge in [0.15, 0.2) is 0 Å². The summed E-state index contributed by atoms with van der Waals surface area (Å²) in [5.74, 6) is 3.42. The van der Waals surface area contributed by atoms with Crippen LogP contribution in [0.4, 0.5) is 0 Å². The van der Waals surface area contributed by atoms with Crippen molar-refractivity contribution < 1.29 is 9.90 Å². The summed E-state index contributed by atoms with van der Waals surface area (Å²) in [6, 6.07) is 7.15. The Morgan fingerprint density at radius 3 is 2.46 bits per heavy atom. The second kappa shape index (κ2) is 4.29. The Labute approximate surface area is 76.2 Å². The molecule has 3 N–H and O–H groups in total. The molecule has 3 nitrogen and oxygen atoms in total. The third-order valence-electron chi connectivity index (χ3n) is 1.50. The summed E-state index contributed by atoms with van der Waals surface area (Å²) >= 11 is 0. The Hall–Kier alpha value is -1.79. The van der Waals surface area contributed by atoms with E-state index >= 15 is 0 Å². The van der Waals surface area contributed by atoms with Crippen LogP contribution in [0, 0.1) is 11.8 Å². The van der Waals surface area contributed by atoms with Crippen LogP contribution in [-0.4, -0.2) is 11.1 Å². The van der Waals surface area contributed by atoms with Crippen molar-refractivity contribution in [2.24, 2.45) is 5.73 Å². The zero-order valence-electron chi connectivity index (χ0n) is 6.95. The molecular weight excluding hydrogens is 166 g/mol. The van der Waals surface area contributed by atoms with Gasteiger partial charge in [-0.3, -0.25) is 0 Å². The van der Waals surface area contributed by atoms with Crippen molar-refractivity contribution in [1.29, 1.82) is 0 Å². The fourth-order valence-corrected chi connectivity index (χ4v) is 0.850. The first-order valence-corrected chi connectivity index (χ1v) is 3.76. The van der Waals surface area contributed by atoms with Gasteiger partial charge in [0.05, 0.1) is 0 Å². The third-order valence-corrected chi connectivity index (χ3v) is 1.50. The SMILES string of the molecule is NCc1ccc(C#CC(=O)O)cc1. The molecule has 0 unspecified atom stereocenters. The molecule has 0 atom stereocenters. The van der Waals surface area contributed by atoms with E-state index in [0.717, 1.165) is 5.56 Å². The number of nitrogens with two attached hydrogens (primary N) is 1. The molecule has 1 aromatic rings. The summed E-state index contributed by atoms with van der Waals surface area (Å²) < 4.78 is 0. The van der Waals surface area contributed by atoms with E-state index in [1.165, 1.54) is 0 Å². The highest BCUT2D eigenvalue weighted by molar-refractivity contribution is 5.87. The average Bonchev–Trinajstić information content (AvgIpc) is 2.15. The van der Waals surface area contributed by atoms with Gasteiger partial charge >= 0.3 is 5.97 Å². The van der Waals surface area contributed by atoms with Crippen LogP contribution >= 0.6 is 0 Å². The number of rotatable bonds is 1. The second-order valence-corrected chi connectivity index (χ2v) is 2.46. The molecule has 0 fully saturated rings. The summed E-state index contributed by atoms with van der Waals surface area (Å²) in [7, 11) is 0. The Balaban J connectivity index is 2.83. The molecule has 0 aliphatic rings. The Morgan fingerprint density at radius 1 is 1.38 bits per heavy atom. The lowest BCUT2D eigenvalue weighted by Crippen LogP contribution is -1.95. The number of hydrogen-bond acceptors (Lipinski definition) is 2. The third kappa shape index (κ3) is 2.97. The van der Waals surface area contributed by atoms with Crippen molar-refractivity contribution in [3.8, 4) is 11.8 Å². The molecule has 0 amide bonds. The highest BCUT2D eigenvalue weighted by Gasteiger charge is 1.89. The molecule has 0 aliphatic heterocycles. The molecule has 1 aromatic carbocycles. The molecule has 0 saturated heterocycles. The van der Waals surface area contributed by atoms with Crippen molar-refractivity contribution >= 4 is 5.97 Å². The number of hydrogen-bond donors (Lipinski definition) is 2. The van der Waals surface area contributed by atoms with Gasteiger partial charge in [-0.25, -0.2) is 4.79 Å². The standard InChI is InChI=1S/C10H9NO2/c11-7-9-3-1-8(2-4-9)5-6-10(12)13/h1-4H,7,11H2,(H,12,13). The van der Waals surface area contributed by atoms with E-state index in [0.29, 0.717) is 12.1 Å². The molecule has 0 saturated carbocycles. The van der Waals surface area contributed by atoms with Crippen molar-refractivity contribution in [3.05, 3.63) is 35.4 Å². The summed E-state index contributed by atoms with van der Waals surface area (Å²) in [4.78, 5) is 10.1. The Morgan fingerprint density at radius 2 is 2.00 bits per heavy atom. The van der Waals surface area contributed by atoms with Gasteiger partial charge < -0.3 is 10.8 Å². The number of benzene rings is 1. The van der Waals surface area contributed by atoms with E-state index < -0.39 is 5.97 Å². The lowest BCUT2D eigenvalue weighted by molar-refractivity contribution is -0.130. The minimum absolute atomic E-state index is 0.479. The van der Waals surface area contributed by atoms with Gasteiger partial charge in [-0.05, 0) is 17.7 Å². The van der Waals surface area contributed by atoms with E-state index in [-0.39, 0.29) is 0 Å². The molecule has 3 heteroatoms. The lowest BCUT2D eigenvalue weighted by Gasteiger charge is -1.94. The Bertz CT molecular complexity index is 357. The van der Waals surface area contributed by atoms with Crippen LogP contribution in [0.15, 0.2) is 24.3 Å². The summed E-state index contributed by atoms with van der Waals surface area (Å²) in [5, 5.41) is 8.28. The lowest BCUT2D eigenvalue weighted by atomic mass is 10.1. The molecule has 0 aromatic heterocycles. The average molecular weight is 175 g/mol. The highest BCUT2D eigenvalue weighted by Crippen LogP contribution is 2.01. The van der Waals surface area contributed by atoms with Gasteiger partial charge in [-0.2, -0.15) is 0 Å². The van der Waals surface area contributed by atoms with Crippen LogP contribution in [0.1, 0.15) is 11.1 Å². The molecule has 0 aliphatic carbocycles. The minimum atomic E-state index is -1.12. The fourth-order valence-electron chi connectivity index (χ4n) is 0.850. The number of carboxylic acid groups (broad SMARTS) is 1. The van der Waals surface area contributed by atoms with Gasteiger partial charge in [0.25, 0.3) is 0 Å². The molecule has 0 spiro atoms. The monoisotopic (exact) mass is 175 g/mol. The van der Waals surface area contributed by atoms with Crippen LogP contribution in [0.2, 0.25) is 0 Å². The van der Waals surface area contributed by atoms with Gasteiger partial charge in [0, 0.05) is 18.0 Å². The van der Waals surface area contributed by atoms with E-state index in [2.05, 4.69) is 5.92 Å². The Kier molecular flexibility index (Phi) is 3.07. The molecular formula is C10H9NO2. The summed E-state index contributed by atoms with van der Waals surface area (Å²) in [6.07, 6.45) is 0. The smallest absolute Gasteiger partial charge is 0.382 e. The minimum Gasteiger partial charge on any atom is -0.472 e. The zero-order valence-corrected chi connectivity index (χ0v) is 6.95. The van der Waals surface area contributed by atoms with Crippen molar-refractivity contribution in [2.75, 3.05) is 0 Å². The second-order valence-electron chi connectivity index (χ2n) is 2.46. The largest absolute Gasteiger partial charge is 0.472 e. The van der Waals surface area contributed by atoms with E-state index in [9.17, 15) is 4.79 Å². The maximum Gasteiger partial charge on any atom is 0.382 e. The molecule has 13 heavy (non-hydrogen) atoms. The van der Waals surface area contributed by atoms with Crippen molar-refractivity contribution in [2.45, 2.75) is 6.54 Å². The first-order valence-electron chi connectivity index (χ1n) is 3.76. The summed E-state index contributed by atoms with van der Waals surface area (Å²) in [6.45, 7) is 0.479. The first-order chi connectivity index (χ1) is 6.22.